The highest BCUT2D eigenvalue weighted by Crippen LogP contribution is 2.35. The van der Waals surface area contributed by atoms with Crippen molar-refractivity contribution in [2.45, 2.75) is 25.1 Å². The highest BCUT2D eigenvalue weighted by atomic mass is 35.5. The molecule has 2 aliphatic rings. The summed E-state index contributed by atoms with van der Waals surface area (Å²) >= 11 is 12.2. The standard InChI is InChI=1S/C21H19Cl2NO3/c22-19-7-6-15(10-20(19)23)16-8-17-12-26-13-18(9-16)24(17)21(25)27-11-14-4-2-1-3-5-14/h1-8,10,17-18H,9,11-13H2. The molecule has 1 amide bonds. The number of nitrogens with zero attached hydrogens (tertiary/aromatic N) is 1. The van der Waals surface area contributed by atoms with Gasteiger partial charge in [-0.2, -0.15) is 0 Å². The molecule has 2 unspecified atom stereocenters. The average Bonchev–Trinajstić information content (AvgIpc) is 2.68. The fourth-order valence-electron chi connectivity index (χ4n) is 3.58. The predicted octanol–water partition coefficient (Wildman–Crippen LogP) is 5.19. The zero-order valence-corrected chi connectivity index (χ0v) is 16.1. The van der Waals surface area contributed by atoms with Crippen LogP contribution in [0, 0.1) is 0 Å². The number of morpholine rings is 1. The van der Waals surface area contributed by atoms with E-state index < -0.39 is 0 Å². The molecule has 2 aromatic rings. The normalized spacial score (nSPS) is 21.6. The Bertz CT molecular complexity index is 869. The second-order valence-electron chi connectivity index (χ2n) is 6.73. The van der Waals surface area contributed by atoms with Crippen LogP contribution in [0.5, 0.6) is 0 Å². The van der Waals surface area contributed by atoms with Crippen molar-refractivity contribution in [2.75, 3.05) is 13.2 Å². The summed E-state index contributed by atoms with van der Waals surface area (Å²) in [5, 5.41) is 1.06. The summed E-state index contributed by atoms with van der Waals surface area (Å²) in [4.78, 5) is 14.5. The number of fused-ring (bicyclic) bond motifs is 2. The van der Waals surface area contributed by atoms with Crippen LogP contribution in [0.1, 0.15) is 17.5 Å². The number of carbonyl (C=O) groups excluding carboxylic acids is 1. The molecule has 1 fully saturated rings. The van der Waals surface area contributed by atoms with Gasteiger partial charge in [-0.15, -0.1) is 0 Å². The molecule has 0 saturated carbocycles. The van der Waals surface area contributed by atoms with Gasteiger partial charge in [0.25, 0.3) is 0 Å². The van der Waals surface area contributed by atoms with Gasteiger partial charge in [-0.1, -0.05) is 65.7 Å². The van der Waals surface area contributed by atoms with Crippen LogP contribution in [-0.4, -0.2) is 36.3 Å². The minimum absolute atomic E-state index is 0.0542. The third kappa shape index (κ3) is 3.98. The van der Waals surface area contributed by atoms with Gasteiger partial charge in [-0.25, -0.2) is 4.79 Å². The molecule has 2 aliphatic heterocycles. The maximum Gasteiger partial charge on any atom is 0.411 e. The average molecular weight is 404 g/mol. The van der Waals surface area contributed by atoms with E-state index in [0.717, 1.165) is 16.7 Å². The molecular weight excluding hydrogens is 385 g/mol. The first kappa shape index (κ1) is 18.4. The topological polar surface area (TPSA) is 38.8 Å². The van der Waals surface area contributed by atoms with Gasteiger partial charge in [-0.05, 0) is 35.3 Å². The van der Waals surface area contributed by atoms with E-state index in [1.165, 1.54) is 0 Å². The molecule has 4 rings (SSSR count). The smallest absolute Gasteiger partial charge is 0.411 e. The third-order valence-corrected chi connectivity index (χ3v) is 5.64. The number of benzene rings is 2. The molecule has 27 heavy (non-hydrogen) atoms. The zero-order chi connectivity index (χ0) is 18.8. The Morgan fingerprint density at radius 1 is 1.11 bits per heavy atom. The van der Waals surface area contributed by atoms with Crippen molar-refractivity contribution < 1.29 is 14.3 Å². The van der Waals surface area contributed by atoms with Gasteiger partial charge in [0.1, 0.15) is 6.61 Å². The van der Waals surface area contributed by atoms with Crippen LogP contribution >= 0.6 is 23.2 Å². The van der Waals surface area contributed by atoms with Crippen LogP contribution in [0.4, 0.5) is 4.79 Å². The molecule has 2 bridgehead atoms. The van der Waals surface area contributed by atoms with E-state index in [0.29, 0.717) is 29.7 Å². The summed E-state index contributed by atoms with van der Waals surface area (Å²) in [6, 6.07) is 15.1. The lowest BCUT2D eigenvalue weighted by Gasteiger charge is -2.43. The van der Waals surface area contributed by atoms with Crippen molar-refractivity contribution >= 4 is 34.9 Å². The summed E-state index contributed by atoms with van der Waals surface area (Å²) in [5.74, 6) is 0. The van der Waals surface area contributed by atoms with Gasteiger partial charge in [0, 0.05) is 0 Å². The highest BCUT2D eigenvalue weighted by molar-refractivity contribution is 6.42. The maximum atomic E-state index is 12.7. The summed E-state index contributed by atoms with van der Waals surface area (Å²) in [5.41, 5.74) is 3.15. The Balaban J connectivity index is 1.51. The number of rotatable bonds is 3. The molecule has 2 atom stereocenters. The van der Waals surface area contributed by atoms with Crippen molar-refractivity contribution in [3.63, 3.8) is 0 Å². The molecule has 0 radical (unpaired) electrons. The van der Waals surface area contributed by atoms with Crippen LogP contribution in [0.3, 0.4) is 0 Å². The van der Waals surface area contributed by atoms with E-state index in [-0.39, 0.29) is 24.8 Å². The van der Waals surface area contributed by atoms with Gasteiger partial charge in [-0.3, -0.25) is 4.90 Å². The van der Waals surface area contributed by atoms with Crippen molar-refractivity contribution in [2.24, 2.45) is 0 Å². The highest BCUT2D eigenvalue weighted by Gasteiger charge is 2.39. The molecule has 4 nitrogen and oxygen atoms in total. The third-order valence-electron chi connectivity index (χ3n) is 4.90. The van der Waals surface area contributed by atoms with Crippen LogP contribution in [0.25, 0.3) is 5.57 Å². The molecule has 0 spiro atoms. The van der Waals surface area contributed by atoms with Crippen LogP contribution < -0.4 is 0 Å². The fourth-order valence-corrected chi connectivity index (χ4v) is 3.88. The Labute approximate surface area is 168 Å². The minimum atomic E-state index is -0.304. The van der Waals surface area contributed by atoms with Crippen LogP contribution in [0.15, 0.2) is 54.6 Å². The Hall–Kier alpha value is -2.01. The van der Waals surface area contributed by atoms with Crippen molar-refractivity contribution in [1.82, 2.24) is 4.90 Å². The monoisotopic (exact) mass is 403 g/mol. The van der Waals surface area contributed by atoms with Crippen LogP contribution in [-0.2, 0) is 16.1 Å². The molecular formula is C21H19Cl2NO3. The summed E-state index contributed by atoms with van der Waals surface area (Å²) in [7, 11) is 0. The number of hydrogen-bond donors (Lipinski definition) is 0. The summed E-state index contributed by atoms with van der Waals surface area (Å²) in [6.45, 7) is 1.22. The molecule has 0 aromatic heterocycles. The SMILES string of the molecule is O=C(OCc1ccccc1)N1C2C=C(c3ccc(Cl)c(Cl)c3)CC1COC2. The largest absolute Gasteiger partial charge is 0.445 e. The van der Waals surface area contributed by atoms with E-state index in [1.54, 1.807) is 11.0 Å². The van der Waals surface area contributed by atoms with Crippen LogP contribution in [0.2, 0.25) is 10.0 Å². The number of amides is 1. The van der Waals surface area contributed by atoms with Gasteiger partial charge < -0.3 is 9.47 Å². The molecule has 0 aliphatic carbocycles. The number of carbonyl (C=O) groups is 1. The predicted molar refractivity (Wildman–Crippen MR) is 106 cm³/mol. The number of halogens is 2. The fraction of sp³-hybridized carbons (Fsp3) is 0.286. The molecule has 140 valence electrons. The van der Waals surface area contributed by atoms with E-state index in [9.17, 15) is 4.79 Å². The molecule has 0 N–H and O–H groups in total. The zero-order valence-electron chi connectivity index (χ0n) is 14.6. The Morgan fingerprint density at radius 2 is 1.93 bits per heavy atom. The van der Waals surface area contributed by atoms with E-state index >= 15 is 0 Å². The van der Waals surface area contributed by atoms with Gasteiger partial charge in [0.05, 0.1) is 35.3 Å². The first-order valence-corrected chi connectivity index (χ1v) is 9.60. The maximum absolute atomic E-state index is 12.7. The number of hydrogen-bond acceptors (Lipinski definition) is 3. The minimum Gasteiger partial charge on any atom is -0.445 e. The van der Waals surface area contributed by atoms with Crippen molar-refractivity contribution in [3.05, 3.63) is 75.8 Å². The first-order chi connectivity index (χ1) is 13.1. The summed E-state index contributed by atoms with van der Waals surface area (Å²) < 4.78 is 11.2. The lowest BCUT2D eigenvalue weighted by Crippen LogP contribution is -2.56. The van der Waals surface area contributed by atoms with Gasteiger partial charge in [0.2, 0.25) is 0 Å². The van der Waals surface area contributed by atoms with Gasteiger partial charge >= 0.3 is 6.09 Å². The quantitative estimate of drug-likeness (QED) is 0.707. The second kappa shape index (κ2) is 7.93. The molecule has 2 aromatic carbocycles. The van der Waals surface area contributed by atoms with E-state index in [2.05, 4.69) is 6.08 Å². The number of ether oxygens (including phenoxy) is 2. The molecule has 2 heterocycles. The Kier molecular flexibility index (Phi) is 5.39. The molecule has 6 heteroatoms. The second-order valence-corrected chi connectivity index (χ2v) is 7.55. The summed E-state index contributed by atoms with van der Waals surface area (Å²) in [6.07, 6.45) is 2.45. The Morgan fingerprint density at radius 3 is 2.67 bits per heavy atom. The van der Waals surface area contributed by atoms with E-state index in [1.807, 2.05) is 42.5 Å². The first-order valence-electron chi connectivity index (χ1n) is 8.84. The molecule has 1 saturated heterocycles. The van der Waals surface area contributed by atoms with Crippen molar-refractivity contribution in [1.29, 1.82) is 0 Å². The van der Waals surface area contributed by atoms with E-state index in [4.69, 9.17) is 32.7 Å². The van der Waals surface area contributed by atoms with Gasteiger partial charge in [0.15, 0.2) is 0 Å². The lowest BCUT2D eigenvalue weighted by molar-refractivity contribution is -0.0342. The van der Waals surface area contributed by atoms with Crippen molar-refractivity contribution in [3.8, 4) is 0 Å². The lowest BCUT2D eigenvalue weighted by atomic mass is 9.90.